The summed E-state index contributed by atoms with van der Waals surface area (Å²) in [6.07, 6.45) is 0.777. The van der Waals surface area contributed by atoms with Gasteiger partial charge in [-0.05, 0) is 33.1 Å². The fraction of sp³-hybridized carbons (Fsp3) is 0.933. The van der Waals surface area contributed by atoms with Crippen LogP contribution in [0.4, 0.5) is 0 Å². The first-order valence-corrected chi connectivity index (χ1v) is 8.08. The Bertz CT molecular complexity index is 281. The van der Waals surface area contributed by atoms with E-state index in [1.54, 1.807) is 0 Å². The lowest BCUT2D eigenvalue weighted by Crippen LogP contribution is -2.54. The minimum Gasteiger partial charge on any atom is -0.468 e. The molecule has 0 saturated heterocycles. The van der Waals surface area contributed by atoms with Gasteiger partial charge in [0.2, 0.25) is 0 Å². The molecule has 0 spiro atoms. The van der Waals surface area contributed by atoms with Crippen LogP contribution in [0.1, 0.15) is 54.9 Å². The quantitative estimate of drug-likeness (QED) is 0.694. The van der Waals surface area contributed by atoms with Crippen LogP contribution in [0.15, 0.2) is 0 Å². The molecule has 0 heterocycles. The summed E-state index contributed by atoms with van der Waals surface area (Å²) in [5.74, 6) is 0.473. The number of methoxy groups -OCH3 is 1. The molecule has 4 heteroatoms. The highest BCUT2D eigenvalue weighted by Gasteiger charge is 2.36. The van der Waals surface area contributed by atoms with Crippen molar-refractivity contribution < 1.29 is 9.53 Å². The fourth-order valence-corrected chi connectivity index (χ4v) is 3.69. The summed E-state index contributed by atoms with van der Waals surface area (Å²) in [6.45, 7) is 14.9. The van der Waals surface area contributed by atoms with E-state index in [4.69, 9.17) is 4.74 Å². The molecule has 0 rings (SSSR count). The number of ether oxygens (including phenoxy) is 1. The summed E-state index contributed by atoms with van der Waals surface area (Å²) < 4.78 is 4.96. The third kappa shape index (κ3) is 6.66. The first-order chi connectivity index (χ1) is 8.62. The Balaban J connectivity index is 4.68. The van der Waals surface area contributed by atoms with Gasteiger partial charge in [-0.15, -0.1) is 0 Å². The van der Waals surface area contributed by atoms with Gasteiger partial charge < -0.3 is 4.74 Å². The van der Waals surface area contributed by atoms with Gasteiger partial charge in [0.05, 0.1) is 7.11 Å². The van der Waals surface area contributed by atoms with Crippen molar-refractivity contribution in [3.8, 4) is 0 Å². The normalized spacial score (nSPS) is 18.2. The van der Waals surface area contributed by atoms with E-state index in [2.05, 4.69) is 46.9 Å². The van der Waals surface area contributed by atoms with Crippen molar-refractivity contribution in [2.24, 2.45) is 5.92 Å². The van der Waals surface area contributed by atoms with Crippen molar-refractivity contribution >= 4 is 17.7 Å². The maximum atomic E-state index is 12.0. The zero-order chi connectivity index (χ0) is 15.2. The van der Waals surface area contributed by atoms with Crippen LogP contribution in [-0.2, 0) is 9.53 Å². The molecule has 1 N–H and O–H groups in total. The van der Waals surface area contributed by atoms with Gasteiger partial charge >= 0.3 is 5.97 Å². The molecule has 19 heavy (non-hydrogen) atoms. The standard InChI is InChI=1S/C15H31NO2S/c1-10(2)13(6)19-12(5)9-15(7,14(17)18-8)16-11(3)4/h10-13,16H,9H2,1-8H3. The predicted octanol–water partition coefficient (Wildman–Crippen LogP) is 3.47. The van der Waals surface area contributed by atoms with Gasteiger partial charge in [-0.2, -0.15) is 11.8 Å². The van der Waals surface area contributed by atoms with Gasteiger partial charge in [-0.25, -0.2) is 0 Å². The topological polar surface area (TPSA) is 38.3 Å². The van der Waals surface area contributed by atoms with Crippen molar-refractivity contribution in [3.63, 3.8) is 0 Å². The smallest absolute Gasteiger partial charge is 0.325 e. The van der Waals surface area contributed by atoms with Crippen molar-refractivity contribution in [2.45, 2.75) is 77.0 Å². The molecular weight excluding hydrogens is 258 g/mol. The molecule has 0 bridgehead atoms. The van der Waals surface area contributed by atoms with Crippen LogP contribution >= 0.6 is 11.8 Å². The van der Waals surface area contributed by atoms with E-state index in [1.165, 1.54) is 7.11 Å². The second kappa shape index (κ2) is 8.15. The van der Waals surface area contributed by atoms with Gasteiger partial charge in [0.15, 0.2) is 0 Å². The molecule has 0 aliphatic carbocycles. The second-order valence-electron chi connectivity index (χ2n) is 6.22. The predicted molar refractivity (Wildman–Crippen MR) is 84.7 cm³/mol. The number of carbonyl (C=O) groups is 1. The van der Waals surface area contributed by atoms with Crippen LogP contribution in [0.2, 0.25) is 0 Å². The van der Waals surface area contributed by atoms with Crippen LogP contribution in [0.25, 0.3) is 0 Å². The Labute approximate surface area is 123 Å². The number of hydrogen-bond acceptors (Lipinski definition) is 4. The molecule has 0 aromatic heterocycles. The molecular formula is C15H31NO2S. The SMILES string of the molecule is COC(=O)C(C)(CC(C)SC(C)C(C)C)NC(C)C. The Hall–Kier alpha value is -0.220. The molecule has 3 nitrogen and oxygen atoms in total. The van der Waals surface area contributed by atoms with Gasteiger partial charge in [0, 0.05) is 16.5 Å². The third-order valence-corrected chi connectivity index (χ3v) is 4.93. The molecule has 0 aliphatic heterocycles. The van der Waals surface area contributed by atoms with Crippen LogP contribution in [0.3, 0.4) is 0 Å². The average molecular weight is 289 g/mol. The first kappa shape index (κ1) is 18.8. The third-order valence-electron chi connectivity index (χ3n) is 3.32. The Morgan fingerprint density at radius 1 is 1.21 bits per heavy atom. The van der Waals surface area contributed by atoms with Gasteiger partial charge in [-0.3, -0.25) is 10.1 Å². The van der Waals surface area contributed by atoms with Crippen molar-refractivity contribution in [3.05, 3.63) is 0 Å². The fourth-order valence-electron chi connectivity index (χ4n) is 2.21. The van der Waals surface area contributed by atoms with E-state index in [1.807, 2.05) is 18.7 Å². The Morgan fingerprint density at radius 2 is 1.74 bits per heavy atom. The van der Waals surface area contributed by atoms with Crippen LogP contribution in [0.5, 0.6) is 0 Å². The summed E-state index contributed by atoms with van der Waals surface area (Å²) in [4.78, 5) is 12.0. The van der Waals surface area contributed by atoms with Crippen molar-refractivity contribution in [1.82, 2.24) is 5.32 Å². The van der Waals surface area contributed by atoms with Gasteiger partial charge in [-0.1, -0.05) is 27.7 Å². The number of thioether (sulfide) groups is 1. The zero-order valence-corrected chi connectivity index (χ0v) is 14.6. The number of hydrogen-bond donors (Lipinski definition) is 1. The molecule has 0 fully saturated rings. The van der Waals surface area contributed by atoms with Crippen LogP contribution in [-0.4, -0.2) is 35.2 Å². The lowest BCUT2D eigenvalue weighted by atomic mass is 9.95. The average Bonchev–Trinajstić information content (AvgIpc) is 2.25. The highest BCUT2D eigenvalue weighted by molar-refractivity contribution is 8.00. The van der Waals surface area contributed by atoms with Gasteiger partial charge in [0.1, 0.15) is 5.54 Å². The first-order valence-electron chi connectivity index (χ1n) is 7.14. The molecule has 0 aliphatic rings. The molecule has 0 amide bonds. The molecule has 3 atom stereocenters. The largest absolute Gasteiger partial charge is 0.468 e. The molecule has 0 radical (unpaired) electrons. The second-order valence-corrected chi connectivity index (χ2v) is 8.04. The zero-order valence-electron chi connectivity index (χ0n) is 13.7. The molecule has 0 aromatic rings. The summed E-state index contributed by atoms with van der Waals surface area (Å²) in [5, 5.41) is 4.36. The Kier molecular flexibility index (Phi) is 8.06. The molecule has 0 aromatic carbocycles. The van der Waals surface area contributed by atoms with E-state index < -0.39 is 5.54 Å². The lowest BCUT2D eigenvalue weighted by molar-refractivity contribution is -0.148. The van der Waals surface area contributed by atoms with E-state index in [9.17, 15) is 4.79 Å². The molecule has 0 saturated carbocycles. The lowest BCUT2D eigenvalue weighted by Gasteiger charge is -2.33. The highest BCUT2D eigenvalue weighted by Crippen LogP contribution is 2.29. The van der Waals surface area contributed by atoms with Gasteiger partial charge in [0.25, 0.3) is 0 Å². The van der Waals surface area contributed by atoms with Crippen LogP contribution in [0, 0.1) is 5.92 Å². The number of esters is 1. The highest BCUT2D eigenvalue weighted by atomic mass is 32.2. The van der Waals surface area contributed by atoms with Crippen molar-refractivity contribution in [2.75, 3.05) is 7.11 Å². The minimum absolute atomic E-state index is 0.175. The summed E-state index contributed by atoms with van der Waals surface area (Å²) in [6, 6.07) is 0.254. The van der Waals surface area contributed by atoms with E-state index in [-0.39, 0.29) is 12.0 Å². The summed E-state index contributed by atoms with van der Waals surface area (Å²) >= 11 is 1.94. The number of rotatable bonds is 8. The summed E-state index contributed by atoms with van der Waals surface area (Å²) in [7, 11) is 1.46. The number of nitrogens with one attached hydrogen (secondary N) is 1. The monoisotopic (exact) mass is 289 g/mol. The van der Waals surface area contributed by atoms with E-state index >= 15 is 0 Å². The maximum Gasteiger partial charge on any atom is 0.325 e. The number of carbonyl (C=O) groups excluding carboxylic acids is 1. The molecule has 3 unspecified atom stereocenters. The van der Waals surface area contributed by atoms with E-state index in [0.29, 0.717) is 16.4 Å². The van der Waals surface area contributed by atoms with E-state index in [0.717, 1.165) is 6.42 Å². The molecule has 114 valence electrons. The van der Waals surface area contributed by atoms with Crippen LogP contribution < -0.4 is 5.32 Å². The summed E-state index contributed by atoms with van der Waals surface area (Å²) in [5.41, 5.74) is -0.605. The maximum absolute atomic E-state index is 12.0. The van der Waals surface area contributed by atoms with Crippen molar-refractivity contribution in [1.29, 1.82) is 0 Å². The minimum atomic E-state index is -0.605. The Morgan fingerprint density at radius 3 is 2.11 bits per heavy atom.